The molecule has 1 aromatic rings. The minimum atomic E-state index is 0.00352. The lowest BCUT2D eigenvalue weighted by molar-refractivity contribution is 0.0609. The van der Waals surface area contributed by atoms with Crippen molar-refractivity contribution in [3.8, 4) is 0 Å². The van der Waals surface area contributed by atoms with E-state index in [-0.39, 0.29) is 11.9 Å². The van der Waals surface area contributed by atoms with Crippen LogP contribution >= 0.6 is 0 Å². The SMILES string of the molecule is CCOC(C)CC(=O)c1ccc(C)cc1. The fourth-order valence-corrected chi connectivity index (χ4v) is 1.46. The van der Waals surface area contributed by atoms with Gasteiger partial charge in [-0.2, -0.15) is 0 Å². The highest BCUT2D eigenvalue weighted by molar-refractivity contribution is 5.96. The first-order chi connectivity index (χ1) is 7.13. The lowest BCUT2D eigenvalue weighted by Gasteiger charge is -2.10. The standard InChI is InChI=1S/C13H18O2/c1-4-15-11(3)9-13(14)12-7-5-10(2)6-8-12/h5-8,11H,4,9H2,1-3H3. The van der Waals surface area contributed by atoms with E-state index in [1.807, 2.05) is 45.0 Å². The molecule has 0 radical (unpaired) electrons. The Labute approximate surface area is 91.3 Å². The number of carbonyl (C=O) groups is 1. The fourth-order valence-electron chi connectivity index (χ4n) is 1.46. The van der Waals surface area contributed by atoms with Gasteiger partial charge in [-0.1, -0.05) is 29.8 Å². The van der Waals surface area contributed by atoms with E-state index in [1.54, 1.807) is 0 Å². The highest BCUT2D eigenvalue weighted by Gasteiger charge is 2.10. The summed E-state index contributed by atoms with van der Waals surface area (Å²) in [4.78, 5) is 11.8. The highest BCUT2D eigenvalue weighted by Crippen LogP contribution is 2.09. The Morgan fingerprint density at radius 2 is 1.93 bits per heavy atom. The summed E-state index contributed by atoms with van der Waals surface area (Å²) < 4.78 is 5.34. The Hall–Kier alpha value is -1.15. The van der Waals surface area contributed by atoms with E-state index in [1.165, 1.54) is 5.56 Å². The van der Waals surface area contributed by atoms with Gasteiger partial charge in [0.2, 0.25) is 0 Å². The summed E-state index contributed by atoms with van der Waals surface area (Å²) in [6.45, 7) is 6.53. The first-order valence-electron chi connectivity index (χ1n) is 5.35. The van der Waals surface area contributed by atoms with Crippen molar-refractivity contribution in [2.75, 3.05) is 6.61 Å². The lowest BCUT2D eigenvalue weighted by atomic mass is 10.0. The maximum absolute atomic E-state index is 11.8. The zero-order valence-corrected chi connectivity index (χ0v) is 9.62. The molecule has 15 heavy (non-hydrogen) atoms. The molecule has 0 bridgehead atoms. The van der Waals surface area contributed by atoms with Crippen molar-refractivity contribution in [2.45, 2.75) is 33.3 Å². The van der Waals surface area contributed by atoms with Crippen LogP contribution < -0.4 is 0 Å². The predicted octanol–water partition coefficient (Wildman–Crippen LogP) is 2.99. The second-order valence-electron chi connectivity index (χ2n) is 3.76. The Kier molecular flexibility index (Phi) is 4.50. The van der Waals surface area contributed by atoms with Gasteiger partial charge in [-0.15, -0.1) is 0 Å². The number of ether oxygens (including phenoxy) is 1. The van der Waals surface area contributed by atoms with Crippen molar-refractivity contribution in [2.24, 2.45) is 0 Å². The molecule has 82 valence electrons. The van der Waals surface area contributed by atoms with Crippen LogP contribution in [-0.2, 0) is 4.74 Å². The predicted molar refractivity (Wildman–Crippen MR) is 61.2 cm³/mol. The summed E-state index contributed by atoms with van der Waals surface area (Å²) in [5.74, 6) is 0.149. The summed E-state index contributed by atoms with van der Waals surface area (Å²) in [5.41, 5.74) is 1.94. The maximum atomic E-state index is 11.8. The molecule has 0 aliphatic heterocycles. The molecule has 2 heteroatoms. The number of benzene rings is 1. The van der Waals surface area contributed by atoms with Crippen LogP contribution in [0.15, 0.2) is 24.3 Å². The molecule has 1 unspecified atom stereocenters. The van der Waals surface area contributed by atoms with Gasteiger partial charge < -0.3 is 4.74 Å². The molecule has 2 nitrogen and oxygen atoms in total. The van der Waals surface area contributed by atoms with Crippen molar-refractivity contribution in [3.63, 3.8) is 0 Å². The van der Waals surface area contributed by atoms with Gasteiger partial charge in [0.15, 0.2) is 5.78 Å². The molecule has 0 saturated heterocycles. The van der Waals surface area contributed by atoms with E-state index in [4.69, 9.17) is 4.74 Å². The van der Waals surface area contributed by atoms with Crippen molar-refractivity contribution in [3.05, 3.63) is 35.4 Å². The largest absolute Gasteiger partial charge is 0.378 e. The van der Waals surface area contributed by atoms with Crippen LogP contribution in [0.3, 0.4) is 0 Å². The van der Waals surface area contributed by atoms with Gasteiger partial charge >= 0.3 is 0 Å². The number of Topliss-reactive ketones (excluding diaryl/α,β-unsaturated/α-hetero) is 1. The van der Waals surface area contributed by atoms with Gasteiger partial charge in [0.1, 0.15) is 0 Å². The molecule has 0 aromatic heterocycles. The average Bonchev–Trinajstić information content (AvgIpc) is 2.18. The third-order valence-corrected chi connectivity index (χ3v) is 2.30. The molecule has 0 amide bonds. The summed E-state index contributed by atoms with van der Waals surface area (Å²) in [7, 11) is 0. The Morgan fingerprint density at radius 3 is 2.47 bits per heavy atom. The quantitative estimate of drug-likeness (QED) is 0.692. The van der Waals surface area contributed by atoms with Gasteiger partial charge in [-0.25, -0.2) is 0 Å². The van der Waals surface area contributed by atoms with E-state index in [0.717, 1.165) is 5.56 Å². The normalized spacial score (nSPS) is 12.5. The van der Waals surface area contributed by atoms with Crippen molar-refractivity contribution in [1.29, 1.82) is 0 Å². The number of aryl methyl sites for hydroxylation is 1. The Bertz CT molecular complexity index is 314. The molecule has 0 aliphatic carbocycles. The highest BCUT2D eigenvalue weighted by atomic mass is 16.5. The average molecular weight is 206 g/mol. The molecule has 0 fully saturated rings. The molecule has 0 heterocycles. The third-order valence-electron chi connectivity index (χ3n) is 2.30. The number of ketones is 1. The van der Waals surface area contributed by atoms with E-state index in [2.05, 4.69) is 0 Å². The number of hydrogen-bond donors (Lipinski definition) is 0. The monoisotopic (exact) mass is 206 g/mol. The Balaban J connectivity index is 2.57. The molecule has 0 N–H and O–H groups in total. The first-order valence-corrected chi connectivity index (χ1v) is 5.35. The maximum Gasteiger partial charge on any atom is 0.165 e. The zero-order chi connectivity index (χ0) is 11.3. The van der Waals surface area contributed by atoms with Gasteiger partial charge in [0, 0.05) is 18.6 Å². The summed E-state index contributed by atoms with van der Waals surface area (Å²) >= 11 is 0. The minimum Gasteiger partial charge on any atom is -0.378 e. The van der Waals surface area contributed by atoms with Crippen LogP contribution in [0, 0.1) is 6.92 Å². The van der Waals surface area contributed by atoms with Crippen molar-refractivity contribution in [1.82, 2.24) is 0 Å². The minimum absolute atomic E-state index is 0.00352. The topological polar surface area (TPSA) is 26.3 Å². The smallest absolute Gasteiger partial charge is 0.165 e. The number of carbonyl (C=O) groups excluding carboxylic acids is 1. The van der Waals surface area contributed by atoms with E-state index in [9.17, 15) is 4.79 Å². The second kappa shape index (κ2) is 5.66. The van der Waals surface area contributed by atoms with Crippen LogP contribution in [0.4, 0.5) is 0 Å². The third kappa shape index (κ3) is 3.84. The summed E-state index contributed by atoms with van der Waals surface area (Å²) in [5, 5.41) is 0. The van der Waals surface area contributed by atoms with Crippen LogP contribution in [0.2, 0.25) is 0 Å². The molecular weight excluding hydrogens is 188 g/mol. The van der Waals surface area contributed by atoms with E-state index in [0.29, 0.717) is 13.0 Å². The lowest BCUT2D eigenvalue weighted by Crippen LogP contribution is -2.14. The molecule has 0 spiro atoms. The van der Waals surface area contributed by atoms with Crippen molar-refractivity contribution < 1.29 is 9.53 Å². The number of hydrogen-bond acceptors (Lipinski definition) is 2. The van der Waals surface area contributed by atoms with E-state index < -0.39 is 0 Å². The van der Waals surface area contributed by atoms with Crippen LogP contribution in [0.25, 0.3) is 0 Å². The van der Waals surface area contributed by atoms with Gasteiger partial charge in [-0.05, 0) is 20.8 Å². The van der Waals surface area contributed by atoms with Gasteiger partial charge in [-0.3, -0.25) is 4.79 Å². The Morgan fingerprint density at radius 1 is 1.33 bits per heavy atom. The molecule has 1 rings (SSSR count). The molecule has 0 saturated carbocycles. The first kappa shape index (κ1) is 11.9. The summed E-state index contributed by atoms with van der Waals surface area (Å²) in [6.07, 6.45) is 0.459. The van der Waals surface area contributed by atoms with Gasteiger partial charge in [0.05, 0.1) is 6.10 Å². The van der Waals surface area contributed by atoms with E-state index >= 15 is 0 Å². The van der Waals surface area contributed by atoms with Crippen molar-refractivity contribution >= 4 is 5.78 Å². The summed E-state index contributed by atoms with van der Waals surface area (Å²) in [6, 6.07) is 7.66. The van der Waals surface area contributed by atoms with Gasteiger partial charge in [0.25, 0.3) is 0 Å². The fraction of sp³-hybridized carbons (Fsp3) is 0.462. The molecule has 1 atom stereocenters. The van der Waals surface area contributed by atoms with Crippen LogP contribution in [-0.4, -0.2) is 18.5 Å². The molecule has 0 aliphatic rings. The zero-order valence-electron chi connectivity index (χ0n) is 9.62. The number of rotatable bonds is 5. The van der Waals surface area contributed by atoms with Crippen LogP contribution in [0.1, 0.15) is 36.2 Å². The van der Waals surface area contributed by atoms with Crippen LogP contribution in [0.5, 0.6) is 0 Å². The second-order valence-corrected chi connectivity index (χ2v) is 3.76. The molecular formula is C13H18O2. The molecule has 1 aromatic carbocycles.